The van der Waals surface area contributed by atoms with Gasteiger partial charge in [-0.15, -0.1) is 0 Å². The quantitative estimate of drug-likeness (QED) is 0.630. The summed E-state index contributed by atoms with van der Waals surface area (Å²) in [6, 6.07) is 0. The topological polar surface area (TPSA) is 0 Å². The molecule has 0 nitrogen and oxygen atoms in total. The SMILES string of the molecule is CC(F)(F)C(C)(F)C(F)(F)C(F)F. The van der Waals surface area contributed by atoms with Gasteiger partial charge in [-0.05, 0) is 6.92 Å². The van der Waals surface area contributed by atoms with Crippen molar-refractivity contribution in [2.75, 3.05) is 0 Å². The molecular formula is C6H7F7. The maximum atomic E-state index is 12.6. The summed E-state index contributed by atoms with van der Waals surface area (Å²) in [5.41, 5.74) is -4.56. The standard InChI is InChI=1S/C6H7F7/c1-4(9,5(2,10)11)6(12,13)3(7)8/h3H,1-2H3. The summed E-state index contributed by atoms with van der Waals surface area (Å²) in [5, 5.41) is 0. The summed E-state index contributed by atoms with van der Waals surface area (Å²) in [4.78, 5) is 0. The Morgan fingerprint density at radius 1 is 0.846 bits per heavy atom. The van der Waals surface area contributed by atoms with Crippen molar-refractivity contribution in [1.29, 1.82) is 0 Å². The summed E-state index contributed by atoms with van der Waals surface area (Å²) >= 11 is 0. The molecular weight excluding hydrogens is 205 g/mol. The van der Waals surface area contributed by atoms with E-state index in [1.54, 1.807) is 0 Å². The van der Waals surface area contributed by atoms with Gasteiger partial charge in [-0.1, -0.05) is 0 Å². The Hall–Kier alpha value is -0.490. The predicted octanol–water partition coefficient (Wildman–Crippen LogP) is 3.27. The molecule has 80 valence electrons. The molecule has 0 fully saturated rings. The fourth-order valence-electron chi connectivity index (χ4n) is 0.498. The molecule has 0 saturated heterocycles. The van der Waals surface area contributed by atoms with E-state index in [4.69, 9.17) is 0 Å². The minimum atomic E-state index is -5.37. The maximum Gasteiger partial charge on any atom is 0.346 e. The highest BCUT2D eigenvalue weighted by Crippen LogP contribution is 2.46. The number of hydrogen-bond donors (Lipinski definition) is 0. The van der Waals surface area contributed by atoms with Gasteiger partial charge in [0.1, 0.15) is 0 Å². The minimum absolute atomic E-state index is 0.177. The molecule has 0 aromatic heterocycles. The van der Waals surface area contributed by atoms with E-state index in [0.717, 1.165) is 0 Å². The molecule has 0 aliphatic heterocycles. The van der Waals surface area contributed by atoms with Crippen molar-refractivity contribution in [3.8, 4) is 0 Å². The van der Waals surface area contributed by atoms with Crippen LogP contribution in [0.4, 0.5) is 30.7 Å². The van der Waals surface area contributed by atoms with E-state index in [0.29, 0.717) is 0 Å². The third-order valence-electron chi connectivity index (χ3n) is 1.72. The van der Waals surface area contributed by atoms with Gasteiger partial charge in [0.2, 0.25) is 5.67 Å². The van der Waals surface area contributed by atoms with Crippen molar-refractivity contribution in [2.45, 2.75) is 37.8 Å². The Kier molecular flexibility index (Phi) is 2.91. The van der Waals surface area contributed by atoms with Gasteiger partial charge in [0.15, 0.2) is 0 Å². The lowest BCUT2D eigenvalue weighted by atomic mass is 9.93. The highest BCUT2D eigenvalue weighted by molar-refractivity contribution is 5.00. The Morgan fingerprint density at radius 2 is 1.15 bits per heavy atom. The second-order valence-electron chi connectivity index (χ2n) is 2.82. The molecule has 0 aromatic rings. The van der Waals surface area contributed by atoms with Gasteiger partial charge in [-0.25, -0.2) is 22.0 Å². The molecule has 0 aliphatic carbocycles. The monoisotopic (exact) mass is 212 g/mol. The lowest BCUT2D eigenvalue weighted by molar-refractivity contribution is -0.273. The smallest absolute Gasteiger partial charge is 0.231 e. The van der Waals surface area contributed by atoms with Gasteiger partial charge >= 0.3 is 12.3 Å². The van der Waals surface area contributed by atoms with E-state index >= 15 is 0 Å². The van der Waals surface area contributed by atoms with Crippen LogP contribution in [0.5, 0.6) is 0 Å². The molecule has 0 spiro atoms. The fourth-order valence-corrected chi connectivity index (χ4v) is 0.498. The Balaban J connectivity index is 5.04. The van der Waals surface area contributed by atoms with Crippen molar-refractivity contribution in [3.63, 3.8) is 0 Å². The molecule has 13 heavy (non-hydrogen) atoms. The van der Waals surface area contributed by atoms with Gasteiger partial charge in [-0.3, -0.25) is 0 Å². The molecule has 0 N–H and O–H groups in total. The molecule has 0 heterocycles. The van der Waals surface area contributed by atoms with Crippen LogP contribution in [0, 0.1) is 0 Å². The molecule has 7 heteroatoms. The van der Waals surface area contributed by atoms with Crippen LogP contribution in [-0.2, 0) is 0 Å². The van der Waals surface area contributed by atoms with Gasteiger partial charge < -0.3 is 0 Å². The maximum absolute atomic E-state index is 12.6. The van der Waals surface area contributed by atoms with Gasteiger partial charge in [0.25, 0.3) is 5.92 Å². The Bertz CT molecular complexity index is 178. The van der Waals surface area contributed by atoms with Crippen molar-refractivity contribution >= 4 is 0 Å². The van der Waals surface area contributed by atoms with E-state index in [1.807, 2.05) is 0 Å². The third kappa shape index (κ3) is 1.88. The van der Waals surface area contributed by atoms with Crippen LogP contribution in [0.15, 0.2) is 0 Å². The van der Waals surface area contributed by atoms with Crippen LogP contribution in [0.25, 0.3) is 0 Å². The van der Waals surface area contributed by atoms with E-state index in [2.05, 4.69) is 0 Å². The summed E-state index contributed by atoms with van der Waals surface area (Å²) in [6.07, 6.45) is -4.46. The first-order valence-corrected chi connectivity index (χ1v) is 3.17. The highest BCUT2D eigenvalue weighted by Gasteiger charge is 2.68. The second kappa shape index (κ2) is 3.02. The number of hydrogen-bond acceptors (Lipinski definition) is 0. The lowest BCUT2D eigenvalue weighted by Gasteiger charge is -2.33. The Morgan fingerprint density at radius 3 is 1.23 bits per heavy atom. The minimum Gasteiger partial charge on any atom is -0.231 e. The molecule has 0 radical (unpaired) electrons. The Labute approximate surface area is 69.7 Å². The zero-order chi connectivity index (χ0) is 11.1. The van der Waals surface area contributed by atoms with Crippen molar-refractivity contribution in [2.24, 2.45) is 0 Å². The molecule has 0 amide bonds. The van der Waals surface area contributed by atoms with Crippen LogP contribution in [0.1, 0.15) is 13.8 Å². The number of alkyl halides is 7. The predicted molar refractivity (Wildman–Crippen MR) is 31.1 cm³/mol. The molecule has 1 unspecified atom stereocenters. The highest BCUT2D eigenvalue weighted by atomic mass is 19.3. The zero-order valence-electron chi connectivity index (χ0n) is 6.72. The zero-order valence-corrected chi connectivity index (χ0v) is 6.72. The number of rotatable bonds is 3. The van der Waals surface area contributed by atoms with Gasteiger partial charge in [-0.2, -0.15) is 8.78 Å². The van der Waals surface area contributed by atoms with Gasteiger partial charge in [0.05, 0.1) is 0 Å². The third-order valence-corrected chi connectivity index (χ3v) is 1.72. The largest absolute Gasteiger partial charge is 0.346 e. The summed E-state index contributed by atoms with van der Waals surface area (Å²) in [6.45, 7) is -0.428. The molecule has 0 aromatic carbocycles. The van der Waals surface area contributed by atoms with Crippen LogP contribution >= 0.6 is 0 Å². The summed E-state index contributed by atoms with van der Waals surface area (Å²) in [7, 11) is 0. The van der Waals surface area contributed by atoms with Crippen LogP contribution in [0.2, 0.25) is 0 Å². The van der Waals surface area contributed by atoms with Gasteiger partial charge in [0, 0.05) is 6.92 Å². The van der Waals surface area contributed by atoms with Crippen molar-refractivity contribution in [1.82, 2.24) is 0 Å². The van der Waals surface area contributed by atoms with E-state index < -0.39 is 23.9 Å². The average molecular weight is 212 g/mol. The lowest BCUT2D eigenvalue weighted by Crippen LogP contribution is -2.57. The van der Waals surface area contributed by atoms with Crippen molar-refractivity contribution < 1.29 is 30.7 Å². The first-order chi connectivity index (χ1) is 5.44. The molecule has 0 saturated carbocycles. The normalized spacial score (nSPS) is 18.9. The molecule has 1 atom stereocenters. The van der Waals surface area contributed by atoms with Crippen molar-refractivity contribution in [3.05, 3.63) is 0 Å². The van der Waals surface area contributed by atoms with Crippen LogP contribution < -0.4 is 0 Å². The van der Waals surface area contributed by atoms with E-state index in [-0.39, 0.29) is 13.8 Å². The van der Waals surface area contributed by atoms with E-state index in [1.165, 1.54) is 0 Å². The first-order valence-electron chi connectivity index (χ1n) is 3.17. The van der Waals surface area contributed by atoms with E-state index in [9.17, 15) is 30.7 Å². The first kappa shape index (κ1) is 12.5. The summed E-state index contributed by atoms with van der Waals surface area (Å²) < 4.78 is 84.4. The molecule has 0 rings (SSSR count). The fraction of sp³-hybridized carbons (Fsp3) is 1.00. The average Bonchev–Trinajstić information content (AvgIpc) is 1.84. The van der Waals surface area contributed by atoms with Crippen LogP contribution in [-0.4, -0.2) is 23.9 Å². The summed E-state index contributed by atoms with van der Waals surface area (Å²) in [5.74, 6) is -9.90. The second-order valence-corrected chi connectivity index (χ2v) is 2.82. The molecule has 0 bridgehead atoms. The number of halogens is 7. The van der Waals surface area contributed by atoms with Crippen LogP contribution in [0.3, 0.4) is 0 Å². The molecule has 0 aliphatic rings.